The number of nitrogens with one attached hydrogen (secondary N) is 2. The molecule has 0 fully saturated rings. The quantitative estimate of drug-likeness (QED) is 0.853. The molecule has 2 rings (SSSR count). The van der Waals surface area contributed by atoms with E-state index >= 15 is 0 Å². The van der Waals surface area contributed by atoms with Gasteiger partial charge in [0.25, 0.3) is 0 Å². The van der Waals surface area contributed by atoms with Crippen LogP contribution in [-0.4, -0.2) is 18.9 Å². The minimum atomic E-state index is -0.919. The summed E-state index contributed by atoms with van der Waals surface area (Å²) < 4.78 is 18.0. The summed E-state index contributed by atoms with van der Waals surface area (Å²) in [7, 11) is 1.46. The van der Waals surface area contributed by atoms with Gasteiger partial charge in [0, 0.05) is 11.4 Å². The van der Waals surface area contributed by atoms with Crippen molar-refractivity contribution in [3.63, 3.8) is 0 Å². The zero-order valence-electron chi connectivity index (χ0n) is 11.5. The topological polar surface area (TPSA) is 67.4 Å². The normalized spacial score (nSPS) is 9.95. The Bertz CT molecular complexity index is 722. The van der Waals surface area contributed by atoms with Gasteiger partial charge in [-0.2, -0.15) is 0 Å². The fraction of sp³-hybridized carbons (Fsp3) is 0.0667. The van der Waals surface area contributed by atoms with Crippen LogP contribution in [-0.2, 0) is 9.59 Å². The summed E-state index contributed by atoms with van der Waals surface area (Å²) in [4.78, 5) is 23.5. The Morgan fingerprint density at radius 2 is 1.68 bits per heavy atom. The molecule has 0 aliphatic heterocycles. The number of rotatable bonds is 3. The van der Waals surface area contributed by atoms with E-state index in [-0.39, 0.29) is 5.69 Å². The highest BCUT2D eigenvalue weighted by molar-refractivity contribution is 6.43. The third-order valence-corrected chi connectivity index (χ3v) is 2.99. The van der Waals surface area contributed by atoms with E-state index in [0.29, 0.717) is 16.5 Å². The molecule has 0 spiro atoms. The third-order valence-electron chi connectivity index (χ3n) is 2.70. The molecule has 2 aromatic carbocycles. The molecule has 0 radical (unpaired) electrons. The monoisotopic (exact) mass is 322 g/mol. The number of benzene rings is 2. The minimum Gasteiger partial charge on any atom is -0.495 e. The van der Waals surface area contributed by atoms with Gasteiger partial charge in [0.05, 0.1) is 12.1 Å². The van der Waals surface area contributed by atoms with Crippen LogP contribution in [0.25, 0.3) is 0 Å². The molecule has 2 aromatic rings. The number of hydrogen-bond donors (Lipinski definition) is 2. The molecule has 0 aromatic heterocycles. The maximum Gasteiger partial charge on any atom is 0.314 e. The van der Waals surface area contributed by atoms with Gasteiger partial charge in [0.2, 0.25) is 0 Å². The molecule has 0 bridgehead atoms. The molecule has 114 valence electrons. The van der Waals surface area contributed by atoms with Crippen molar-refractivity contribution in [1.29, 1.82) is 0 Å². The van der Waals surface area contributed by atoms with E-state index in [2.05, 4.69) is 10.6 Å². The fourth-order valence-electron chi connectivity index (χ4n) is 1.69. The predicted octanol–water partition coefficient (Wildman–Crippen LogP) is 3.06. The summed E-state index contributed by atoms with van der Waals surface area (Å²) in [6, 6.07) is 9.78. The predicted molar refractivity (Wildman–Crippen MR) is 81.7 cm³/mol. The van der Waals surface area contributed by atoms with Crippen LogP contribution in [0, 0.1) is 5.82 Å². The van der Waals surface area contributed by atoms with Crippen LogP contribution in [0.4, 0.5) is 15.8 Å². The van der Waals surface area contributed by atoms with E-state index in [1.165, 1.54) is 37.4 Å². The molecule has 0 aliphatic carbocycles. The zero-order chi connectivity index (χ0) is 16.1. The van der Waals surface area contributed by atoms with Gasteiger partial charge in [-0.1, -0.05) is 17.7 Å². The van der Waals surface area contributed by atoms with Gasteiger partial charge in [-0.3, -0.25) is 9.59 Å². The number of methoxy groups -OCH3 is 1. The average Bonchev–Trinajstić information content (AvgIpc) is 2.47. The number of carbonyl (C=O) groups is 2. The first-order valence-corrected chi connectivity index (χ1v) is 6.59. The molecule has 2 amide bonds. The van der Waals surface area contributed by atoms with Gasteiger partial charge in [0.15, 0.2) is 0 Å². The lowest BCUT2D eigenvalue weighted by Gasteiger charge is -2.08. The van der Waals surface area contributed by atoms with Crippen molar-refractivity contribution in [3.8, 4) is 5.75 Å². The van der Waals surface area contributed by atoms with E-state index in [0.717, 1.165) is 6.07 Å². The average molecular weight is 323 g/mol. The number of halogens is 2. The molecule has 0 aliphatic rings. The van der Waals surface area contributed by atoms with Crippen molar-refractivity contribution < 1.29 is 18.7 Å². The Hall–Kier alpha value is -2.60. The first kappa shape index (κ1) is 15.8. The summed E-state index contributed by atoms with van der Waals surface area (Å²) in [6.07, 6.45) is 0. The van der Waals surface area contributed by atoms with Gasteiger partial charge in [-0.25, -0.2) is 4.39 Å². The largest absolute Gasteiger partial charge is 0.495 e. The fourth-order valence-corrected chi connectivity index (χ4v) is 1.94. The van der Waals surface area contributed by atoms with E-state index in [4.69, 9.17) is 16.3 Å². The molecule has 0 saturated carbocycles. The maximum atomic E-state index is 13.0. The van der Waals surface area contributed by atoms with Crippen LogP contribution in [0.2, 0.25) is 5.02 Å². The first-order valence-electron chi connectivity index (χ1n) is 6.21. The summed E-state index contributed by atoms with van der Waals surface area (Å²) >= 11 is 5.92. The highest BCUT2D eigenvalue weighted by Crippen LogP contribution is 2.27. The summed E-state index contributed by atoms with van der Waals surface area (Å²) in [6.45, 7) is 0. The Morgan fingerprint density at radius 1 is 1.05 bits per heavy atom. The standard InChI is InChI=1S/C15H12ClFN2O3/c1-22-13-6-5-11(8-12(13)16)19-15(21)14(20)18-10-4-2-3-9(17)7-10/h2-8H,1H3,(H,18,20)(H,19,21). The lowest BCUT2D eigenvalue weighted by atomic mass is 10.3. The molecule has 0 saturated heterocycles. The lowest BCUT2D eigenvalue weighted by molar-refractivity contribution is -0.133. The molecular weight excluding hydrogens is 311 g/mol. The second kappa shape index (κ2) is 6.91. The Morgan fingerprint density at radius 3 is 2.23 bits per heavy atom. The van der Waals surface area contributed by atoms with E-state index in [1.807, 2.05) is 0 Å². The van der Waals surface area contributed by atoms with Crippen LogP contribution >= 0.6 is 11.6 Å². The zero-order valence-corrected chi connectivity index (χ0v) is 12.3. The maximum absolute atomic E-state index is 13.0. The number of amides is 2. The van der Waals surface area contributed by atoms with Crippen LogP contribution in [0.3, 0.4) is 0 Å². The van der Waals surface area contributed by atoms with Gasteiger partial charge in [-0.15, -0.1) is 0 Å². The summed E-state index contributed by atoms with van der Waals surface area (Å²) in [5, 5.41) is 4.97. The number of ether oxygens (including phenoxy) is 1. The lowest BCUT2D eigenvalue weighted by Crippen LogP contribution is -2.29. The molecule has 7 heteroatoms. The Labute approximate surface area is 131 Å². The molecule has 5 nitrogen and oxygen atoms in total. The van der Waals surface area contributed by atoms with Crippen molar-refractivity contribution >= 4 is 34.8 Å². The Kier molecular flexibility index (Phi) is 4.95. The van der Waals surface area contributed by atoms with Crippen LogP contribution in [0.5, 0.6) is 5.75 Å². The van der Waals surface area contributed by atoms with Crippen molar-refractivity contribution in [1.82, 2.24) is 0 Å². The van der Waals surface area contributed by atoms with Gasteiger partial charge in [-0.05, 0) is 36.4 Å². The highest BCUT2D eigenvalue weighted by atomic mass is 35.5. The molecule has 2 N–H and O–H groups in total. The van der Waals surface area contributed by atoms with E-state index in [9.17, 15) is 14.0 Å². The second-order valence-corrected chi connectivity index (χ2v) is 4.68. The third kappa shape index (κ3) is 3.95. The smallest absolute Gasteiger partial charge is 0.314 e. The van der Waals surface area contributed by atoms with Gasteiger partial charge in [0.1, 0.15) is 11.6 Å². The van der Waals surface area contributed by atoms with Gasteiger partial charge >= 0.3 is 11.8 Å². The van der Waals surface area contributed by atoms with E-state index < -0.39 is 17.6 Å². The first-order chi connectivity index (χ1) is 10.5. The van der Waals surface area contributed by atoms with Crippen molar-refractivity contribution in [2.45, 2.75) is 0 Å². The van der Waals surface area contributed by atoms with Crippen molar-refractivity contribution in [3.05, 3.63) is 53.3 Å². The number of hydrogen-bond acceptors (Lipinski definition) is 3. The van der Waals surface area contributed by atoms with Gasteiger partial charge < -0.3 is 15.4 Å². The van der Waals surface area contributed by atoms with E-state index in [1.54, 1.807) is 6.07 Å². The molecule has 0 atom stereocenters. The Balaban J connectivity index is 2.02. The minimum absolute atomic E-state index is 0.188. The second-order valence-electron chi connectivity index (χ2n) is 4.27. The number of anilines is 2. The van der Waals surface area contributed by atoms with Crippen LogP contribution < -0.4 is 15.4 Å². The summed E-state index contributed by atoms with van der Waals surface area (Å²) in [5.74, 6) is -1.88. The molecule has 0 heterocycles. The number of carbonyl (C=O) groups excluding carboxylic acids is 2. The SMILES string of the molecule is COc1ccc(NC(=O)C(=O)Nc2cccc(F)c2)cc1Cl. The molecule has 22 heavy (non-hydrogen) atoms. The van der Waals surface area contributed by atoms with Crippen molar-refractivity contribution in [2.24, 2.45) is 0 Å². The molecular formula is C15H12ClFN2O3. The van der Waals surface area contributed by atoms with Crippen LogP contribution in [0.15, 0.2) is 42.5 Å². The summed E-state index contributed by atoms with van der Waals surface area (Å²) in [5.41, 5.74) is 0.526. The highest BCUT2D eigenvalue weighted by Gasteiger charge is 2.15. The van der Waals surface area contributed by atoms with Crippen LogP contribution in [0.1, 0.15) is 0 Å². The molecule has 0 unspecified atom stereocenters. The van der Waals surface area contributed by atoms with Crippen molar-refractivity contribution in [2.75, 3.05) is 17.7 Å².